The Labute approximate surface area is 366 Å². The van der Waals surface area contributed by atoms with Gasteiger partial charge in [-0.05, 0) is 90.4 Å². The predicted molar refractivity (Wildman–Crippen MR) is 241 cm³/mol. The number of aryl methyl sites for hydroxylation is 1. The van der Waals surface area contributed by atoms with Gasteiger partial charge in [0.15, 0.2) is 27.6 Å². The van der Waals surface area contributed by atoms with Gasteiger partial charge in [-0.1, -0.05) is 18.2 Å². The summed E-state index contributed by atoms with van der Waals surface area (Å²) in [6, 6.07) is 23.3. The molecule has 20 heteroatoms. The number of carboxylic acid groups (broad SMARTS) is 1. The second kappa shape index (κ2) is 17.0. The predicted octanol–water partition coefficient (Wildman–Crippen LogP) is 6.23. The number of carboxylic acids is 1. The average molecular weight is 878 g/mol. The summed E-state index contributed by atoms with van der Waals surface area (Å²) in [5.74, 6) is -0.312. The summed E-state index contributed by atoms with van der Waals surface area (Å²) in [7, 11) is 1.76. The molecule has 7 aromatic rings. The van der Waals surface area contributed by atoms with Crippen molar-refractivity contribution in [2.75, 3.05) is 29.0 Å². The highest BCUT2D eigenvalue weighted by atomic mass is 32.1. The molecule has 1 aliphatic carbocycles. The molecule has 4 aromatic heterocycles. The van der Waals surface area contributed by atoms with E-state index >= 15 is 0 Å². The van der Waals surface area contributed by atoms with E-state index in [9.17, 15) is 29.4 Å². The van der Waals surface area contributed by atoms with Gasteiger partial charge in [-0.15, -0.1) is 5.10 Å². The van der Waals surface area contributed by atoms with Crippen LogP contribution >= 0.6 is 12.2 Å². The lowest BCUT2D eigenvalue weighted by atomic mass is 9.90. The number of fused-ring (bicyclic) bond motifs is 5. The van der Waals surface area contributed by atoms with Gasteiger partial charge in [-0.25, -0.2) is 14.6 Å². The Hall–Kier alpha value is -8.65. The molecule has 0 spiro atoms. The number of nitrogens with zero attached hydrogens (tertiary/aromatic N) is 6. The highest BCUT2D eigenvalue weighted by Crippen LogP contribution is 2.42. The van der Waals surface area contributed by atoms with Crippen LogP contribution in [0, 0.1) is 0 Å². The van der Waals surface area contributed by atoms with Crippen molar-refractivity contribution in [2.24, 2.45) is 7.05 Å². The third-order valence-corrected chi connectivity index (χ3v) is 10.3. The molecule has 7 N–H and O–H groups in total. The maximum Gasteiger partial charge on any atom is 0.336 e. The number of aromatic carboxylic acids is 1. The van der Waals surface area contributed by atoms with E-state index in [-0.39, 0.29) is 51.5 Å². The van der Waals surface area contributed by atoms with Crippen LogP contribution in [0.1, 0.15) is 22.3 Å². The summed E-state index contributed by atoms with van der Waals surface area (Å²) < 4.78 is 14.4. The van der Waals surface area contributed by atoms with Gasteiger partial charge in [-0.2, -0.15) is 14.6 Å². The molecule has 0 saturated carbocycles. The van der Waals surface area contributed by atoms with Crippen LogP contribution in [0.4, 0.5) is 22.1 Å². The number of amides is 3. The summed E-state index contributed by atoms with van der Waals surface area (Å²) in [4.78, 5) is 59.6. The zero-order valence-corrected chi connectivity index (χ0v) is 34.4. The Morgan fingerprint density at radius 2 is 1.61 bits per heavy atom. The number of thiocarbonyl (C=S) groups is 1. The molecule has 2 aliphatic rings. The van der Waals surface area contributed by atoms with E-state index in [0.29, 0.717) is 81.2 Å². The number of urea groups is 1. The van der Waals surface area contributed by atoms with Crippen LogP contribution in [-0.4, -0.2) is 75.7 Å². The molecular formula is C44H35N11O8S. The third-order valence-electron chi connectivity index (χ3n) is 10.0. The van der Waals surface area contributed by atoms with E-state index in [1.165, 1.54) is 41.1 Å². The van der Waals surface area contributed by atoms with Crippen LogP contribution in [-0.2, 0) is 18.3 Å². The highest BCUT2D eigenvalue weighted by molar-refractivity contribution is 7.80. The number of carbonyl (C=O) groups is 3. The van der Waals surface area contributed by atoms with Crippen LogP contribution < -0.4 is 32.0 Å². The number of phenols is 1. The molecule has 0 atom stereocenters. The molecule has 1 aliphatic heterocycles. The normalized spacial score (nSPS) is 11.3. The Morgan fingerprint density at radius 1 is 0.812 bits per heavy atom. The lowest BCUT2D eigenvalue weighted by Crippen LogP contribution is -2.32. The summed E-state index contributed by atoms with van der Waals surface area (Å²) >= 11 is 5.46. The number of furan rings is 1. The van der Waals surface area contributed by atoms with Crippen molar-refractivity contribution in [3.05, 3.63) is 125 Å². The Bertz CT molecular complexity index is 3310. The number of hydrogen-bond donors (Lipinski definition) is 7. The lowest BCUT2D eigenvalue weighted by molar-refractivity contribution is -0.120. The van der Waals surface area contributed by atoms with Crippen molar-refractivity contribution in [3.63, 3.8) is 0 Å². The van der Waals surface area contributed by atoms with Crippen molar-refractivity contribution in [3.8, 4) is 39.8 Å². The molecule has 3 aromatic carbocycles. The van der Waals surface area contributed by atoms with Crippen LogP contribution in [0.5, 0.6) is 5.75 Å². The van der Waals surface area contributed by atoms with Gasteiger partial charge in [0.2, 0.25) is 17.7 Å². The molecule has 0 saturated heterocycles. The Kier molecular flexibility index (Phi) is 10.8. The smallest absolute Gasteiger partial charge is 0.336 e. The van der Waals surface area contributed by atoms with Gasteiger partial charge in [0.25, 0.3) is 0 Å². The maximum atomic E-state index is 13.1. The van der Waals surface area contributed by atoms with Crippen LogP contribution in [0.25, 0.3) is 61.7 Å². The lowest BCUT2D eigenvalue weighted by Gasteiger charge is -2.18. The van der Waals surface area contributed by atoms with Crippen molar-refractivity contribution in [2.45, 2.75) is 12.8 Å². The second-order valence-corrected chi connectivity index (χ2v) is 15.0. The van der Waals surface area contributed by atoms with Gasteiger partial charge in [0.1, 0.15) is 17.1 Å². The molecule has 0 fully saturated rings. The molecule has 0 radical (unpaired) electrons. The van der Waals surface area contributed by atoms with Gasteiger partial charge < -0.3 is 40.3 Å². The van der Waals surface area contributed by atoms with Crippen molar-refractivity contribution < 1.29 is 33.4 Å². The summed E-state index contributed by atoms with van der Waals surface area (Å²) in [6.07, 6.45) is 3.93. The molecule has 5 heterocycles. The zero-order chi connectivity index (χ0) is 44.5. The fourth-order valence-corrected chi connectivity index (χ4v) is 7.39. The summed E-state index contributed by atoms with van der Waals surface area (Å²) in [5.41, 5.74) is 3.86. The minimum atomic E-state index is -1.19. The number of rotatable bonds is 12. The minimum Gasteiger partial charge on any atom is -0.508 e. The first-order chi connectivity index (χ1) is 30.9. The molecule has 320 valence electrons. The van der Waals surface area contributed by atoms with Crippen LogP contribution in [0.2, 0.25) is 0 Å². The van der Waals surface area contributed by atoms with Crippen LogP contribution in [0.15, 0.2) is 117 Å². The average Bonchev–Trinajstić information content (AvgIpc) is 4.04. The van der Waals surface area contributed by atoms with E-state index in [0.717, 1.165) is 5.56 Å². The number of benzene rings is 4. The monoisotopic (exact) mass is 877 g/mol. The number of phenolic OH excluding ortho intramolecular Hbond substituents is 1. The van der Waals surface area contributed by atoms with Crippen molar-refractivity contribution >= 4 is 80.2 Å². The molecule has 0 unspecified atom stereocenters. The number of carbonyl (C=O) groups excluding carboxylic acids is 2. The SMILES string of the molecule is Cn1cc2c(nc(NC(=O)Nc3ccc(CC(=O)NCCCNC(=S)Nc4ccc(-c5c6ccc(=O)cc-6oc6cc(O)ccc56)c(C(=O)O)c4)cc3)n3nc(-c4ccco4)nc23)n1. The standard InChI is InChI=1S/C44H35N11O8S/c1-54-22-32-38(52-54)50-42(55-40(32)49-39(53-55)33-4-2-17-62-33)51-43(61)47-24-7-5-23(6-8-24)18-36(58)45-15-3-16-46-44(64)48-25-9-12-28(31(19-25)41(59)60)37-29-13-10-26(56)20-34(29)63-35-21-27(57)11-14-30(35)37/h2,4-14,17,19-22,56H,3,15-16,18H2,1H3,(H,45,58)(H,59,60)(H2,46,48,64)(H2,47,50,51,52,61). The minimum absolute atomic E-state index is 0.0253. The first kappa shape index (κ1) is 40.7. The Balaban J connectivity index is 0.755. The first-order valence-corrected chi connectivity index (χ1v) is 20.1. The van der Waals surface area contributed by atoms with E-state index in [1.54, 1.807) is 78.6 Å². The van der Waals surface area contributed by atoms with E-state index in [4.69, 9.17) is 21.1 Å². The summed E-state index contributed by atoms with van der Waals surface area (Å²) in [5, 5.41) is 45.1. The fourth-order valence-electron chi connectivity index (χ4n) is 7.17. The molecule has 19 nitrogen and oxygen atoms in total. The molecular weight excluding hydrogens is 843 g/mol. The Morgan fingerprint density at radius 3 is 2.41 bits per heavy atom. The van der Waals surface area contributed by atoms with Gasteiger partial charge in [0, 0.05) is 66.4 Å². The molecule has 64 heavy (non-hydrogen) atoms. The molecule has 0 bridgehead atoms. The van der Waals surface area contributed by atoms with Crippen molar-refractivity contribution in [1.82, 2.24) is 40.0 Å². The third kappa shape index (κ3) is 8.47. The van der Waals surface area contributed by atoms with E-state index < -0.39 is 12.0 Å². The number of anilines is 3. The number of aromatic hydroxyl groups is 1. The van der Waals surface area contributed by atoms with Crippen LogP contribution in [0.3, 0.4) is 0 Å². The molecule has 9 rings (SSSR count). The number of nitrogens with one attached hydrogen (secondary N) is 5. The summed E-state index contributed by atoms with van der Waals surface area (Å²) in [6.45, 7) is 0.778. The zero-order valence-electron chi connectivity index (χ0n) is 33.6. The molecule has 3 amide bonds. The first-order valence-electron chi connectivity index (χ1n) is 19.7. The van der Waals surface area contributed by atoms with Gasteiger partial charge in [0.05, 0.1) is 23.6 Å². The quantitative estimate of drug-likeness (QED) is 0.0408. The fraction of sp³-hybridized carbons (Fsp3) is 0.114. The second-order valence-electron chi connectivity index (χ2n) is 14.5. The highest BCUT2D eigenvalue weighted by Gasteiger charge is 2.23. The van der Waals surface area contributed by atoms with Crippen molar-refractivity contribution in [1.29, 1.82) is 0 Å². The number of aromatic nitrogens is 6. The topological polar surface area (TPSA) is 256 Å². The van der Waals surface area contributed by atoms with E-state index in [1.807, 2.05) is 0 Å². The maximum absolute atomic E-state index is 13.1. The van der Waals surface area contributed by atoms with E-state index in [2.05, 4.69) is 46.7 Å². The van der Waals surface area contributed by atoms with Gasteiger partial charge in [-0.3, -0.25) is 19.6 Å². The number of hydrogen-bond acceptors (Lipinski definition) is 12. The van der Waals surface area contributed by atoms with Gasteiger partial charge >= 0.3 is 12.0 Å². The largest absolute Gasteiger partial charge is 0.508 e.